The zero-order chi connectivity index (χ0) is 39.9. The van der Waals surface area contributed by atoms with Crippen LogP contribution >= 0.6 is 0 Å². The number of phenolic OH excluding ortho intramolecular Hbond substituents is 1. The Kier molecular flexibility index (Phi) is 9.94. The van der Waals surface area contributed by atoms with Crippen molar-refractivity contribution in [2.75, 3.05) is 32.8 Å². The number of imide groups is 1. The third kappa shape index (κ3) is 7.31. The number of benzene rings is 4. The monoisotopic (exact) mass is 779 g/mol. The fourth-order valence-corrected chi connectivity index (χ4v) is 8.77. The highest BCUT2D eigenvalue weighted by molar-refractivity contribution is 6.23. The predicted octanol–water partition coefficient (Wildman–Crippen LogP) is 6.63. The minimum atomic E-state index is -0.868. The first-order valence-electron chi connectivity index (χ1n) is 19.7. The summed E-state index contributed by atoms with van der Waals surface area (Å²) in [6.45, 7) is 7.37. The van der Waals surface area contributed by atoms with Crippen molar-refractivity contribution >= 4 is 17.7 Å². The molecule has 1 aliphatic carbocycles. The van der Waals surface area contributed by atoms with E-state index in [1.807, 2.05) is 36.4 Å². The van der Waals surface area contributed by atoms with Crippen molar-refractivity contribution in [3.63, 3.8) is 0 Å². The minimum absolute atomic E-state index is 0.0744. The number of hydrogen-bond donors (Lipinski definition) is 2. The number of phenols is 1. The number of aryl methyl sites for hydroxylation is 1. The lowest BCUT2D eigenvalue weighted by Gasteiger charge is -2.38. The van der Waals surface area contributed by atoms with Crippen molar-refractivity contribution < 1.29 is 33.4 Å². The highest BCUT2D eigenvalue weighted by Crippen LogP contribution is 2.47. The zero-order valence-corrected chi connectivity index (χ0v) is 31.8. The number of aromatic nitrogens is 2. The number of carbonyl (C=O) groups excluding carboxylic acids is 3. The molecule has 294 valence electrons. The Labute approximate surface area is 335 Å². The van der Waals surface area contributed by atoms with Gasteiger partial charge in [0.05, 0.1) is 35.8 Å². The van der Waals surface area contributed by atoms with E-state index in [9.17, 15) is 23.9 Å². The van der Waals surface area contributed by atoms with Crippen LogP contribution in [0.1, 0.15) is 74.1 Å². The van der Waals surface area contributed by atoms with Gasteiger partial charge >= 0.3 is 0 Å². The minimum Gasteiger partial charge on any atom is -0.508 e. The summed E-state index contributed by atoms with van der Waals surface area (Å²) < 4.78 is 25.9. The third-order valence-electron chi connectivity index (χ3n) is 11.8. The fraction of sp³-hybridized carbons (Fsp3) is 0.283. The van der Waals surface area contributed by atoms with Crippen molar-refractivity contribution in [3.8, 4) is 28.6 Å². The summed E-state index contributed by atoms with van der Waals surface area (Å²) in [4.78, 5) is 51.2. The second-order valence-electron chi connectivity index (χ2n) is 15.5. The number of halogens is 1. The second kappa shape index (κ2) is 15.5. The predicted molar refractivity (Wildman–Crippen MR) is 213 cm³/mol. The van der Waals surface area contributed by atoms with Gasteiger partial charge < -0.3 is 19.9 Å². The molecule has 2 fully saturated rings. The number of nitrogens with zero attached hydrogens (tertiary/aromatic N) is 4. The molecule has 4 aliphatic rings. The molecular formula is C46H42FN5O6. The second-order valence-corrected chi connectivity index (χ2v) is 15.5. The Morgan fingerprint density at radius 2 is 1.60 bits per heavy atom. The van der Waals surface area contributed by atoms with Crippen molar-refractivity contribution in [2.24, 2.45) is 5.92 Å². The summed E-state index contributed by atoms with van der Waals surface area (Å²) in [6.07, 6.45) is 5.73. The van der Waals surface area contributed by atoms with Gasteiger partial charge in [-0.15, -0.1) is 0 Å². The summed E-state index contributed by atoms with van der Waals surface area (Å²) >= 11 is 0. The first-order chi connectivity index (χ1) is 28.2. The summed E-state index contributed by atoms with van der Waals surface area (Å²) in [5.41, 5.74) is 6.83. The van der Waals surface area contributed by atoms with E-state index in [4.69, 9.17) is 9.47 Å². The van der Waals surface area contributed by atoms with Gasteiger partial charge in [-0.2, -0.15) is 0 Å². The summed E-state index contributed by atoms with van der Waals surface area (Å²) in [7, 11) is 0. The molecule has 3 atom stereocenters. The standard InChI is InChI=1S/C46H42FN5O6/c1-27-2-17-41(44(54)50-27)52-45(55)38-15-8-32(21-39(38)46(52)56)40-22-49-42(23-48-40)58-26-28-24-51(25-28)18-19-57-35-12-5-30(6-13-35)43-36(29-3-9-33(47)10-4-29)14-7-31-20-34(53)11-16-37(31)43/h3-6,8-13,15-16,20-23,28,36,41,43,53H,1-2,7,14,17-19,24-26H2,(H,50,54)/t36-,41?,43+/m1/s1. The molecule has 5 aromatic rings. The smallest absolute Gasteiger partial charge is 0.262 e. The Hall–Kier alpha value is -6.40. The molecule has 2 saturated heterocycles. The van der Waals surface area contributed by atoms with E-state index in [0.29, 0.717) is 54.8 Å². The lowest BCUT2D eigenvalue weighted by molar-refractivity contribution is -0.125. The van der Waals surface area contributed by atoms with Crippen LogP contribution in [-0.2, 0) is 11.2 Å². The number of rotatable bonds is 11. The van der Waals surface area contributed by atoms with Crippen LogP contribution in [0.15, 0.2) is 110 Å². The van der Waals surface area contributed by atoms with Gasteiger partial charge in [-0.05, 0) is 102 Å². The van der Waals surface area contributed by atoms with Gasteiger partial charge in [0.15, 0.2) is 0 Å². The number of nitrogens with one attached hydrogen (secondary N) is 1. The van der Waals surface area contributed by atoms with Crippen molar-refractivity contribution in [3.05, 3.63) is 149 Å². The molecule has 2 N–H and O–H groups in total. The van der Waals surface area contributed by atoms with Crippen molar-refractivity contribution in [1.82, 2.24) is 25.1 Å². The molecule has 4 heterocycles. The van der Waals surface area contributed by atoms with Crippen molar-refractivity contribution in [1.29, 1.82) is 0 Å². The van der Waals surface area contributed by atoms with E-state index >= 15 is 0 Å². The quantitative estimate of drug-likeness (QED) is 0.142. The maximum Gasteiger partial charge on any atom is 0.262 e. The number of ether oxygens (including phenoxy) is 2. The number of aromatic hydroxyl groups is 1. The van der Waals surface area contributed by atoms with Crippen LogP contribution in [0.2, 0.25) is 0 Å². The summed E-state index contributed by atoms with van der Waals surface area (Å²) in [5, 5.41) is 12.8. The number of fused-ring (bicyclic) bond motifs is 2. The molecule has 3 amide bonds. The Balaban J connectivity index is 0.742. The number of carbonyl (C=O) groups is 3. The maximum absolute atomic E-state index is 13.8. The van der Waals surface area contributed by atoms with Gasteiger partial charge in [-0.1, -0.05) is 43.0 Å². The van der Waals surface area contributed by atoms with Crippen LogP contribution < -0.4 is 14.8 Å². The molecule has 12 heteroatoms. The molecule has 4 aromatic carbocycles. The number of piperidine rings is 1. The van der Waals surface area contributed by atoms with Crippen LogP contribution in [-0.4, -0.2) is 81.5 Å². The molecule has 11 nitrogen and oxygen atoms in total. The highest BCUT2D eigenvalue weighted by Gasteiger charge is 2.44. The number of allylic oxidation sites excluding steroid dienone is 1. The van der Waals surface area contributed by atoms with E-state index in [-0.39, 0.29) is 34.5 Å². The SMILES string of the molecule is C=C1CCC(N2C(=O)c3ccc(-c4cnc(OCC5CN(CCOc6ccc([C@@H]7c8ccc(O)cc8CC[C@@H]7c7ccc(F)cc7)cc6)C5)cn4)cc3C2=O)C(=O)N1. The van der Waals surface area contributed by atoms with Gasteiger partial charge in [0.25, 0.3) is 11.8 Å². The van der Waals surface area contributed by atoms with E-state index in [0.717, 1.165) is 59.8 Å². The fourth-order valence-electron chi connectivity index (χ4n) is 8.77. The first kappa shape index (κ1) is 37.2. The van der Waals surface area contributed by atoms with Crippen LogP contribution in [0.25, 0.3) is 11.3 Å². The molecule has 0 saturated carbocycles. The normalized spacial score (nSPS) is 20.6. The molecule has 0 radical (unpaired) electrons. The van der Waals surface area contributed by atoms with Gasteiger partial charge in [0.2, 0.25) is 11.8 Å². The van der Waals surface area contributed by atoms with Crippen molar-refractivity contribution in [2.45, 2.75) is 43.6 Å². The average molecular weight is 780 g/mol. The van der Waals surface area contributed by atoms with E-state index in [1.54, 1.807) is 36.7 Å². The number of hydrogen-bond acceptors (Lipinski definition) is 9. The zero-order valence-electron chi connectivity index (χ0n) is 31.8. The number of likely N-dealkylation sites (tertiary alicyclic amines) is 1. The molecule has 0 bridgehead atoms. The Bertz CT molecular complexity index is 2400. The maximum atomic E-state index is 13.8. The average Bonchev–Trinajstić information content (AvgIpc) is 3.46. The Morgan fingerprint density at radius 3 is 2.36 bits per heavy atom. The van der Waals surface area contributed by atoms with E-state index < -0.39 is 23.8 Å². The van der Waals surface area contributed by atoms with Gasteiger partial charge in [0, 0.05) is 42.7 Å². The molecule has 1 aromatic heterocycles. The molecule has 9 rings (SSSR count). The third-order valence-corrected chi connectivity index (χ3v) is 11.8. The number of amides is 3. The van der Waals surface area contributed by atoms with Crippen LogP contribution in [0.3, 0.4) is 0 Å². The lowest BCUT2D eigenvalue weighted by atomic mass is 9.69. The molecule has 58 heavy (non-hydrogen) atoms. The summed E-state index contributed by atoms with van der Waals surface area (Å²) in [5.74, 6) is 0.453. The molecule has 1 unspecified atom stereocenters. The highest BCUT2D eigenvalue weighted by atomic mass is 19.1. The van der Waals surface area contributed by atoms with Gasteiger partial charge in [-0.3, -0.25) is 24.2 Å². The van der Waals surface area contributed by atoms with Crippen LogP contribution in [0.4, 0.5) is 4.39 Å². The molecule has 0 spiro atoms. The first-order valence-corrected chi connectivity index (χ1v) is 19.7. The topological polar surface area (TPSA) is 134 Å². The Morgan fingerprint density at radius 1 is 0.828 bits per heavy atom. The molecule has 3 aliphatic heterocycles. The largest absolute Gasteiger partial charge is 0.508 e. The van der Waals surface area contributed by atoms with Crippen LogP contribution in [0.5, 0.6) is 17.4 Å². The van der Waals surface area contributed by atoms with Crippen LogP contribution in [0, 0.1) is 11.7 Å². The van der Waals surface area contributed by atoms with E-state index in [1.165, 1.54) is 17.7 Å². The lowest BCUT2D eigenvalue weighted by Crippen LogP contribution is -2.51. The summed E-state index contributed by atoms with van der Waals surface area (Å²) in [6, 6.07) is 24.8. The van der Waals surface area contributed by atoms with Gasteiger partial charge in [-0.25, -0.2) is 14.4 Å². The molecular weight excluding hydrogens is 738 g/mol. The van der Waals surface area contributed by atoms with Gasteiger partial charge in [0.1, 0.15) is 30.0 Å². The van der Waals surface area contributed by atoms with E-state index in [2.05, 4.69) is 38.9 Å².